The molecule has 1 aliphatic carbocycles. The Labute approximate surface area is 136 Å². The fourth-order valence-corrected chi connectivity index (χ4v) is 4.18. The minimum absolute atomic E-state index is 0.0866. The molecule has 0 radical (unpaired) electrons. The molecule has 122 valence electrons. The van der Waals surface area contributed by atoms with E-state index in [2.05, 4.69) is 15.1 Å². The second kappa shape index (κ2) is 6.30. The summed E-state index contributed by atoms with van der Waals surface area (Å²) in [6.45, 7) is 0.859. The first kappa shape index (κ1) is 14.7. The summed E-state index contributed by atoms with van der Waals surface area (Å²) in [5.41, 5.74) is 0.856. The lowest BCUT2D eigenvalue weighted by molar-refractivity contribution is -0.133. The molecule has 1 atom stereocenters. The van der Waals surface area contributed by atoms with Crippen molar-refractivity contribution in [2.24, 2.45) is 5.92 Å². The number of aromatic nitrogens is 3. The molecule has 0 spiro atoms. The monoisotopic (exact) mass is 312 g/mol. The third-order valence-corrected chi connectivity index (χ3v) is 5.40. The van der Waals surface area contributed by atoms with Crippen molar-refractivity contribution < 1.29 is 4.79 Å². The van der Waals surface area contributed by atoms with Gasteiger partial charge in [-0.3, -0.25) is 9.20 Å². The first-order valence-corrected chi connectivity index (χ1v) is 8.92. The van der Waals surface area contributed by atoms with Gasteiger partial charge in [0.25, 0.3) is 0 Å². The molecule has 2 aliphatic rings. The Morgan fingerprint density at radius 1 is 1.09 bits per heavy atom. The Hall–Kier alpha value is -1.91. The molecule has 0 bridgehead atoms. The average molecular weight is 312 g/mol. The van der Waals surface area contributed by atoms with E-state index in [9.17, 15) is 4.79 Å². The summed E-state index contributed by atoms with van der Waals surface area (Å²) < 4.78 is 2.02. The van der Waals surface area contributed by atoms with E-state index < -0.39 is 0 Å². The Morgan fingerprint density at radius 2 is 1.96 bits per heavy atom. The number of nitrogens with zero attached hydrogens (tertiary/aromatic N) is 4. The zero-order valence-electron chi connectivity index (χ0n) is 13.5. The Kier molecular flexibility index (Phi) is 4.02. The van der Waals surface area contributed by atoms with Crippen molar-refractivity contribution in [3.8, 4) is 0 Å². The molecule has 1 saturated heterocycles. The molecular weight excluding hydrogens is 288 g/mol. The van der Waals surface area contributed by atoms with Gasteiger partial charge in [-0.15, -0.1) is 10.2 Å². The maximum atomic E-state index is 12.8. The van der Waals surface area contributed by atoms with E-state index in [0.29, 0.717) is 18.2 Å². The van der Waals surface area contributed by atoms with Gasteiger partial charge in [-0.25, -0.2) is 0 Å². The fourth-order valence-electron chi connectivity index (χ4n) is 4.18. The summed E-state index contributed by atoms with van der Waals surface area (Å²) in [5, 5.41) is 8.62. The van der Waals surface area contributed by atoms with Crippen LogP contribution in [0, 0.1) is 5.92 Å². The zero-order chi connectivity index (χ0) is 15.6. The van der Waals surface area contributed by atoms with Gasteiger partial charge < -0.3 is 4.90 Å². The maximum absolute atomic E-state index is 12.8. The molecule has 2 aromatic heterocycles. The van der Waals surface area contributed by atoms with Gasteiger partial charge in [0.05, 0.1) is 6.04 Å². The Balaban J connectivity index is 1.53. The summed E-state index contributed by atoms with van der Waals surface area (Å²) in [4.78, 5) is 14.9. The molecule has 5 heteroatoms. The van der Waals surface area contributed by atoms with Crippen LogP contribution in [0.25, 0.3) is 5.65 Å². The van der Waals surface area contributed by atoms with Gasteiger partial charge >= 0.3 is 0 Å². The topological polar surface area (TPSA) is 50.5 Å². The molecule has 0 unspecified atom stereocenters. The van der Waals surface area contributed by atoms with Gasteiger partial charge in [-0.2, -0.15) is 0 Å². The van der Waals surface area contributed by atoms with Crippen molar-refractivity contribution in [1.29, 1.82) is 0 Å². The van der Waals surface area contributed by atoms with Crippen LogP contribution in [0.1, 0.15) is 63.2 Å². The molecule has 3 heterocycles. The molecule has 1 saturated carbocycles. The number of hydrogen-bond donors (Lipinski definition) is 0. The number of likely N-dealkylation sites (tertiary alicyclic amines) is 1. The van der Waals surface area contributed by atoms with Crippen LogP contribution in [0.15, 0.2) is 24.4 Å². The van der Waals surface area contributed by atoms with Gasteiger partial charge in [0.2, 0.25) is 5.91 Å². The molecule has 4 rings (SSSR count). The largest absolute Gasteiger partial charge is 0.332 e. The lowest BCUT2D eigenvalue weighted by atomic mass is 9.86. The predicted molar refractivity (Wildman–Crippen MR) is 87.9 cm³/mol. The molecule has 5 nitrogen and oxygen atoms in total. The molecule has 0 aromatic carbocycles. The van der Waals surface area contributed by atoms with Crippen LogP contribution in [0.3, 0.4) is 0 Å². The third-order valence-electron chi connectivity index (χ3n) is 5.40. The van der Waals surface area contributed by atoms with Gasteiger partial charge in [-0.05, 0) is 43.7 Å². The van der Waals surface area contributed by atoms with Crippen molar-refractivity contribution in [2.45, 2.75) is 57.4 Å². The second-order valence-electron chi connectivity index (χ2n) is 6.94. The van der Waals surface area contributed by atoms with Crippen molar-refractivity contribution in [3.05, 3.63) is 30.2 Å². The van der Waals surface area contributed by atoms with Crippen LogP contribution in [0.4, 0.5) is 0 Å². The van der Waals surface area contributed by atoms with Crippen LogP contribution in [-0.2, 0) is 4.79 Å². The van der Waals surface area contributed by atoms with Crippen molar-refractivity contribution >= 4 is 11.6 Å². The van der Waals surface area contributed by atoms with E-state index in [1.165, 1.54) is 32.1 Å². The van der Waals surface area contributed by atoms with Gasteiger partial charge in [0.15, 0.2) is 11.5 Å². The Bertz CT molecular complexity index is 689. The molecular formula is C18H24N4O. The van der Waals surface area contributed by atoms with E-state index in [-0.39, 0.29) is 6.04 Å². The molecule has 0 N–H and O–H groups in total. The summed E-state index contributed by atoms with van der Waals surface area (Å²) in [6.07, 6.45) is 11.1. The highest BCUT2D eigenvalue weighted by molar-refractivity contribution is 5.77. The van der Waals surface area contributed by atoms with Crippen molar-refractivity contribution in [2.75, 3.05) is 6.54 Å². The summed E-state index contributed by atoms with van der Waals surface area (Å²) >= 11 is 0. The minimum atomic E-state index is 0.0866. The number of carbonyl (C=O) groups is 1. The molecule has 23 heavy (non-hydrogen) atoms. The van der Waals surface area contributed by atoms with Gasteiger partial charge in [0, 0.05) is 19.2 Å². The first-order valence-electron chi connectivity index (χ1n) is 8.92. The lowest BCUT2D eigenvalue weighted by Gasteiger charge is -2.27. The van der Waals surface area contributed by atoms with E-state index in [1.54, 1.807) is 0 Å². The summed E-state index contributed by atoms with van der Waals surface area (Å²) in [7, 11) is 0. The third kappa shape index (κ3) is 2.84. The van der Waals surface area contributed by atoms with Crippen molar-refractivity contribution in [1.82, 2.24) is 19.5 Å². The maximum Gasteiger partial charge on any atom is 0.223 e. The van der Waals surface area contributed by atoms with E-state index in [1.807, 2.05) is 28.8 Å². The zero-order valence-corrected chi connectivity index (χ0v) is 13.5. The van der Waals surface area contributed by atoms with Crippen LogP contribution >= 0.6 is 0 Å². The Morgan fingerprint density at radius 3 is 2.83 bits per heavy atom. The number of rotatable bonds is 3. The van der Waals surface area contributed by atoms with E-state index in [4.69, 9.17) is 0 Å². The summed E-state index contributed by atoms with van der Waals surface area (Å²) in [6, 6.07) is 6.00. The molecule has 1 aliphatic heterocycles. The van der Waals surface area contributed by atoms with Crippen LogP contribution < -0.4 is 0 Å². The number of fused-ring (bicyclic) bond motifs is 1. The molecule has 2 aromatic rings. The number of pyridine rings is 1. The number of carbonyl (C=O) groups excluding carboxylic acids is 1. The molecule has 2 fully saturated rings. The smallest absolute Gasteiger partial charge is 0.223 e. The van der Waals surface area contributed by atoms with Gasteiger partial charge in [-0.1, -0.05) is 25.3 Å². The van der Waals surface area contributed by atoms with Crippen LogP contribution in [-0.4, -0.2) is 31.9 Å². The fraction of sp³-hybridized carbons (Fsp3) is 0.611. The predicted octanol–water partition coefficient (Wildman–Crippen LogP) is 3.36. The van der Waals surface area contributed by atoms with Gasteiger partial charge in [0.1, 0.15) is 0 Å². The highest BCUT2D eigenvalue weighted by Crippen LogP contribution is 2.34. The van der Waals surface area contributed by atoms with E-state index in [0.717, 1.165) is 30.9 Å². The number of hydrogen-bond acceptors (Lipinski definition) is 3. The van der Waals surface area contributed by atoms with Crippen LogP contribution in [0.5, 0.6) is 0 Å². The lowest BCUT2D eigenvalue weighted by Crippen LogP contribution is -2.33. The SMILES string of the molecule is O=C(CC1CCCCC1)N1CCC[C@@H]1c1nnc2ccccn12. The first-order chi connectivity index (χ1) is 11.3. The minimum Gasteiger partial charge on any atom is -0.332 e. The highest BCUT2D eigenvalue weighted by Gasteiger charge is 2.34. The normalized spacial score (nSPS) is 22.8. The standard InChI is InChI=1S/C18H24N4O/c23-17(13-14-7-2-1-3-8-14)21-12-6-9-15(21)18-20-19-16-10-4-5-11-22(16)18/h4-5,10-11,14-15H,1-3,6-9,12-13H2/t15-/m1/s1. The van der Waals surface area contributed by atoms with Crippen molar-refractivity contribution in [3.63, 3.8) is 0 Å². The average Bonchev–Trinajstić information content (AvgIpc) is 3.22. The second-order valence-corrected chi connectivity index (χ2v) is 6.94. The quantitative estimate of drug-likeness (QED) is 0.873. The number of amides is 1. The highest BCUT2D eigenvalue weighted by atomic mass is 16.2. The van der Waals surface area contributed by atoms with E-state index >= 15 is 0 Å². The molecule has 1 amide bonds. The van der Waals surface area contributed by atoms with Crippen LogP contribution in [0.2, 0.25) is 0 Å². The summed E-state index contributed by atoms with van der Waals surface area (Å²) in [5.74, 6) is 1.81.